The Balaban J connectivity index is 2.41. The van der Waals surface area contributed by atoms with E-state index in [1.165, 1.54) is 6.92 Å². The van der Waals surface area contributed by atoms with Gasteiger partial charge in [0, 0.05) is 6.92 Å². The fourth-order valence-corrected chi connectivity index (χ4v) is 1.75. The molecule has 4 nitrogen and oxygen atoms in total. The first kappa shape index (κ1) is 11.5. The minimum absolute atomic E-state index is 0.381. The van der Waals surface area contributed by atoms with Crippen LogP contribution in [0.25, 0.3) is 0 Å². The molecule has 0 bridgehead atoms. The Labute approximate surface area is 84.9 Å². The number of hydrogen-bond acceptors (Lipinski definition) is 4. The zero-order chi connectivity index (χ0) is 10.6. The summed E-state index contributed by atoms with van der Waals surface area (Å²) in [6.07, 6.45) is 2.13. The smallest absolute Gasteiger partial charge is 0.317 e. The lowest BCUT2D eigenvalue weighted by atomic mass is 9.84. The molecule has 1 heterocycles. The molecule has 0 aromatic heterocycles. The summed E-state index contributed by atoms with van der Waals surface area (Å²) in [4.78, 5) is 20.4. The fraction of sp³-hybridized carbons (Fsp3) is 0.900. The van der Waals surface area contributed by atoms with E-state index in [9.17, 15) is 4.79 Å². The first-order chi connectivity index (χ1) is 6.52. The molecule has 1 aliphatic rings. The van der Waals surface area contributed by atoms with Crippen molar-refractivity contribution >= 4 is 5.97 Å². The molecule has 1 N–H and O–H groups in total. The minimum Gasteiger partial charge on any atom is -0.317 e. The standard InChI is InChI=1S/C10H19NO3/c1-8(12)13-14-10(2,3)9-4-6-11-7-5-9/h9,11H,4-7H2,1-3H3. The summed E-state index contributed by atoms with van der Waals surface area (Å²) in [7, 11) is 0. The van der Waals surface area contributed by atoms with E-state index in [1.54, 1.807) is 0 Å². The van der Waals surface area contributed by atoms with E-state index in [0.717, 1.165) is 25.9 Å². The molecule has 1 fully saturated rings. The van der Waals surface area contributed by atoms with E-state index in [2.05, 4.69) is 10.2 Å². The first-order valence-electron chi connectivity index (χ1n) is 5.09. The maximum atomic E-state index is 10.6. The Morgan fingerprint density at radius 2 is 1.93 bits per heavy atom. The lowest BCUT2D eigenvalue weighted by molar-refractivity contribution is -0.336. The highest BCUT2D eigenvalue weighted by Gasteiger charge is 2.33. The van der Waals surface area contributed by atoms with Crippen molar-refractivity contribution in [1.82, 2.24) is 5.32 Å². The second-order valence-corrected chi connectivity index (χ2v) is 4.29. The van der Waals surface area contributed by atoms with Crippen LogP contribution < -0.4 is 5.32 Å². The molecule has 0 unspecified atom stereocenters. The largest absolute Gasteiger partial charge is 0.339 e. The van der Waals surface area contributed by atoms with Gasteiger partial charge in [-0.15, -0.1) is 0 Å². The van der Waals surface area contributed by atoms with E-state index >= 15 is 0 Å². The lowest BCUT2D eigenvalue weighted by Gasteiger charge is -2.34. The number of carbonyl (C=O) groups excluding carboxylic acids is 1. The molecule has 0 saturated carbocycles. The van der Waals surface area contributed by atoms with Crippen LogP contribution in [0.1, 0.15) is 33.6 Å². The van der Waals surface area contributed by atoms with Gasteiger partial charge in [0.25, 0.3) is 0 Å². The zero-order valence-electron chi connectivity index (χ0n) is 9.13. The summed E-state index contributed by atoms with van der Waals surface area (Å²) in [5, 5.41) is 3.29. The van der Waals surface area contributed by atoms with Gasteiger partial charge in [-0.1, -0.05) is 0 Å². The Hall–Kier alpha value is -0.610. The minimum atomic E-state index is -0.396. The van der Waals surface area contributed by atoms with Crippen LogP contribution in [-0.2, 0) is 14.6 Å². The van der Waals surface area contributed by atoms with Crippen molar-refractivity contribution in [2.24, 2.45) is 5.92 Å². The van der Waals surface area contributed by atoms with E-state index < -0.39 is 5.97 Å². The molecule has 1 saturated heterocycles. The van der Waals surface area contributed by atoms with Gasteiger partial charge in [-0.25, -0.2) is 4.79 Å². The molecule has 0 spiro atoms. The molecule has 0 atom stereocenters. The molecule has 0 aromatic carbocycles. The summed E-state index contributed by atoms with van der Waals surface area (Å²) >= 11 is 0. The Bertz CT molecular complexity index is 198. The third kappa shape index (κ3) is 3.27. The summed E-state index contributed by atoms with van der Waals surface area (Å²) in [6, 6.07) is 0. The van der Waals surface area contributed by atoms with Gasteiger partial charge in [-0.2, -0.15) is 4.89 Å². The predicted octanol–water partition coefficient (Wildman–Crippen LogP) is 1.26. The summed E-state index contributed by atoms with van der Waals surface area (Å²) in [5.41, 5.74) is -0.381. The van der Waals surface area contributed by atoms with Crippen molar-refractivity contribution in [3.63, 3.8) is 0 Å². The Kier molecular flexibility index (Phi) is 3.89. The first-order valence-corrected chi connectivity index (χ1v) is 5.09. The molecule has 0 amide bonds. The van der Waals surface area contributed by atoms with Crippen LogP contribution in [0.3, 0.4) is 0 Å². The summed E-state index contributed by atoms with van der Waals surface area (Å²) < 4.78 is 0. The normalized spacial score (nSPS) is 19.4. The third-order valence-corrected chi connectivity index (χ3v) is 2.70. The van der Waals surface area contributed by atoms with Gasteiger partial charge in [0.1, 0.15) is 5.60 Å². The molecule has 4 heteroatoms. The van der Waals surface area contributed by atoms with Gasteiger partial charge in [0.15, 0.2) is 0 Å². The Morgan fingerprint density at radius 3 is 2.43 bits per heavy atom. The number of rotatable bonds is 3. The second kappa shape index (κ2) is 4.75. The fourth-order valence-electron chi connectivity index (χ4n) is 1.75. The average molecular weight is 201 g/mol. The van der Waals surface area contributed by atoms with Crippen molar-refractivity contribution in [3.8, 4) is 0 Å². The van der Waals surface area contributed by atoms with Crippen LogP contribution in [-0.4, -0.2) is 24.7 Å². The maximum Gasteiger partial charge on any atom is 0.339 e. The van der Waals surface area contributed by atoms with E-state index in [4.69, 9.17) is 4.89 Å². The number of piperidine rings is 1. The predicted molar refractivity (Wildman–Crippen MR) is 52.5 cm³/mol. The molecule has 0 aromatic rings. The second-order valence-electron chi connectivity index (χ2n) is 4.29. The van der Waals surface area contributed by atoms with Crippen LogP contribution in [0.5, 0.6) is 0 Å². The van der Waals surface area contributed by atoms with Gasteiger partial charge in [-0.3, -0.25) is 4.89 Å². The molecule has 0 radical (unpaired) electrons. The average Bonchev–Trinajstić information content (AvgIpc) is 2.16. The molecule has 14 heavy (non-hydrogen) atoms. The zero-order valence-corrected chi connectivity index (χ0v) is 9.13. The SMILES string of the molecule is CC(=O)OOC(C)(C)C1CCNCC1. The topological polar surface area (TPSA) is 47.6 Å². The third-order valence-electron chi connectivity index (χ3n) is 2.70. The number of hydrogen-bond donors (Lipinski definition) is 1. The highest BCUT2D eigenvalue weighted by molar-refractivity contribution is 5.65. The van der Waals surface area contributed by atoms with Gasteiger partial charge in [0.2, 0.25) is 0 Å². The van der Waals surface area contributed by atoms with Gasteiger partial charge < -0.3 is 5.32 Å². The Morgan fingerprint density at radius 1 is 1.36 bits per heavy atom. The molecule has 0 aliphatic carbocycles. The van der Waals surface area contributed by atoms with Crippen LogP contribution in [0, 0.1) is 5.92 Å². The molecular formula is C10H19NO3. The molecular weight excluding hydrogens is 182 g/mol. The molecule has 1 aliphatic heterocycles. The van der Waals surface area contributed by atoms with Crippen LogP contribution in [0.4, 0.5) is 0 Å². The molecule has 82 valence electrons. The van der Waals surface area contributed by atoms with Crippen LogP contribution >= 0.6 is 0 Å². The van der Waals surface area contributed by atoms with Crippen LogP contribution in [0.15, 0.2) is 0 Å². The van der Waals surface area contributed by atoms with Crippen molar-refractivity contribution in [2.75, 3.05) is 13.1 Å². The van der Waals surface area contributed by atoms with Crippen molar-refractivity contribution < 1.29 is 14.6 Å². The summed E-state index contributed by atoms with van der Waals surface area (Å²) in [6.45, 7) is 7.30. The summed E-state index contributed by atoms with van der Waals surface area (Å²) in [5.74, 6) is 0.0510. The maximum absolute atomic E-state index is 10.6. The monoisotopic (exact) mass is 201 g/mol. The van der Waals surface area contributed by atoms with E-state index in [0.29, 0.717) is 5.92 Å². The van der Waals surface area contributed by atoms with Gasteiger partial charge in [0.05, 0.1) is 0 Å². The lowest BCUT2D eigenvalue weighted by Crippen LogP contribution is -2.41. The number of nitrogens with one attached hydrogen (secondary N) is 1. The van der Waals surface area contributed by atoms with Gasteiger partial charge in [-0.05, 0) is 45.7 Å². The highest BCUT2D eigenvalue weighted by atomic mass is 17.2. The van der Waals surface area contributed by atoms with Crippen LogP contribution in [0.2, 0.25) is 0 Å². The number of carbonyl (C=O) groups is 1. The molecule has 1 rings (SSSR count). The van der Waals surface area contributed by atoms with E-state index in [-0.39, 0.29) is 5.60 Å². The van der Waals surface area contributed by atoms with E-state index in [1.807, 2.05) is 13.8 Å². The van der Waals surface area contributed by atoms with Gasteiger partial charge >= 0.3 is 5.97 Å². The van der Waals surface area contributed by atoms with Crippen molar-refractivity contribution in [3.05, 3.63) is 0 Å². The highest BCUT2D eigenvalue weighted by Crippen LogP contribution is 2.28. The quantitative estimate of drug-likeness (QED) is 0.551. The van der Waals surface area contributed by atoms with Crippen molar-refractivity contribution in [2.45, 2.75) is 39.2 Å². The van der Waals surface area contributed by atoms with Crippen molar-refractivity contribution in [1.29, 1.82) is 0 Å².